The van der Waals surface area contributed by atoms with Gasteiger partial charge in [0, 0.05) is 17.3 Å². The highest BCUT2D eigenvalue weighted by molar-refractivity contribution is 5.95. The van der Waals surface area contributed by atoms with E-state index in [1.807, 2.05) is 13.8 Å². The number of hydrogen-bond acceptors (Lipinski definition) is 18. The van der Waals surface area contributed by atoms with Crippen molar-refractivity contribution < 1.29 is 93.8 Å². The number of rotatable bonds is 10. The minimum absolute atomic E-state index is 0.0161. The Balaban J connectivity index is 0.968. The standard InChI is InChI=1S/C54H84O19/c1-24-18-26(19-29(56)35(24)58)69-34-21-49(3,4)20-28-27-10-11-32-51(6)14-13-33(52(7,23-55)31(51)12-15-54(32,9)53(27,8)17-16-50(28,34)5)70-48-44(40(63)39(62)42(71-48)45(65)66)73-47-43(37(60)30(57)22-67-47)72-46-41(64)38(61)36(59)25(2)68-46/h10,25-26,28,30-34,36-44,46-48,55,57-64H,11-23H2,1-9H3,(H,65,66)/t25-,26?,28?,30-,31?,32?,33?,34?,36-,37-,38+,39-,40-,41+,42?,43+,44+,46-,47-,48+,50?,51?,52?,53?,54?/m0/s1. The van der Waals surface area contributed by atoms with E-state index in [1.54, 1.807) is 0 Å². The van der Waals surface area contributed by atoms with Gasteiger partial charge in [0.1, 0.15) is 54.9 Å². The van der Waals surface area contributed by atoms with Gasteiger partial charge in [-0.3, -0.25) is 4.79 Å². The molecule has 12 unspecified atom stereocenters. The summed E-state index contributed by atoms with van der Waals surface area (Å²) >= 11 is 0. The molecule has 3 aliphatic heterocycles. The predicted molar refractivity (Wildman–Crippen MR) is 257 cm³/mol. The second-order valence-electron chi connectivity index (χ2n) is 25.8. The number of carboxylic acid groups (broad SMARTS) is 1. The van der Waals surface area contributed by atoms with Crippen LogP contribution in [-0.2, 0) is 42.7 Å². The molecule has 9 aliphatic rings. The summed E-state index contributed by atoms with van der Waals surface area (Å²) in [5.74, 6) is -1.56. The Morgan fingerprint density at radius 3 is 2.07 bits per heavy atom. The first kappa shape index (κ1) is 55.6. The monoisotopic (exact) mass is 1040 g/mol. The molecule has 3 saturated heterocycles. The van der Waals surface area contributed by atoms with Crippen LogP contribution < -0.4 is 0 Å². The Morgan fingerprint density at radius 1 is 0.712 bits per heavy atom. The molecule has 9 rings (SSSR count). The van der Waals surface area contributed by atoms with Gasteiger partial charge >= 0.3 is 5.97 Å². The molecule has 4 saturated carbocycles. The Hall–Kier alpha value is -2.18. The fourth-order valence-corrected chi connectivity index (χ4v) is 16.4. The van der Waals surface area contributed by atoms with Crippen molar-refractivity contribution in [3.63, 3.8) is 0 Å². The molecule has 19 nitrogen and oxygen atoms in total. The number of carbonyl (C=O) groups is 2. The van der Waals surface area contributed by atoms with E-state index in [4.69, 9.17) is 33.2 Å². The van der Waals surface area contributed by atoms with Gasteiger partial charge in [-0.1, -0.05) is 60.1 Å². The minimum Gasteiger partial charge on any atom is -0.504 e. The molecule has 73 heavy (non-hydrogen) atoms. The van der Waals surface area contributed by atoms with E-state index in [9.17, 15) is 60.7 Å². The molecule has 7 fully saturated rings. The van der Waals surface area contributed by atoms with E-state index < -0.39 is 110 Å². The van der Waals surface area contributed by atoms with Gasteiger partial charge in [0.05, 0.1) is 37.6 Å². The molecule has 25 atom stereocenters. The number of allylic oxidation sites excluding steroid dienone is 3. The van der Waals surface area contributed by atoms with Gasteiger partial charge in [0.25, 0.3) is 0 Å². The molecule has 3 heterocycles. The highest BCUT2D eigenvalue weighted by Gasteiger charge is 2.70. The van der Waals surface area contributed by atoms with Crippen molar-refractivity contribution in [1.29, 1.82) is 0 Å². The maximum Gasteiger partial charge on any atom is 0.335 e. The van der Waals surface area contributed by atoms with E-state index >= 15 is 0 Å². The molecular formula is C54H84O19. The second kappa shape index (κ2) is 19.6. The van der Waals surface area contributed by atoms with E-state index in [2.05, 4.69) is 47.6 Å². The summed E-state index contributed by atoms with van der Waals surface area (Å²) in [5, 5.41) is 108. The average Bonchev–Trinajstić information content (AvgIpc) is 3.32. The van der Waals surface area contributed by atoms with Crippen LogP contribution in [-0.4, -0.2) is 180 Å². The van der Waals surface area contributed by atoms with E-state index in [1.165, 1.54) is 12.5 Å². The van der Waals surface area contributed by atoms with E-state index in [0.717, 1.165) is 44.9 Å². The topological polar surface area (TPSA) is 301 Å². The van der Waals surface area contributed by atoms with Gasteiger partial charge in [0.15, 0.2) is 36.5 Å². The second-order valence-corrected chi connectivity index (χ2v) is 25.8. The maximum absolute atomic E-state index is 12.8. The van der Waals surface area contributed by atoms with Gasteiger partial charge < -0.3 is 84.2 Å². The minimum atomic E-state index is -2.03. The number of aliphatic carboxylic acids is 1. The van der Waals surface area contributed by atoms with Crippen LogP contribution in [0.25, 0.3) is 0 Å². The Kier molecular flexibility index (Phi) is 14.9. The lowest BCUT2D eigenvalue weighted by molar-refractivity contribution is -0.387. The Bertz CT molecular complexity index is 2150. The van der Waals surface area contributed by atoms with Crippen LogP contribution in [0, 0.1) is 50.2 Å². The lowest BCUT2D eigenvalue weighted by Crippen LogP contribution is -2.68. The fraction of sp³-hybridized carbons (Fsp3) is 0.889. The maximum atomic E-state index is 12.8. The normalized spacial score (nSPS) is 53.1. The summed E-state index contributed by atoms with van der Waals surface area (Å²) in [7, 11) is 0. The molecule has 0 aromatic carbocycles. The quantitative estimate of drug-likeness (QED) is 0.111. The van der Waals surface area contributed by atoms with Crippen molar-refractivity contribution in [3.05, 3.63) is 23.0 Å². The number of ketones is 1. The van der Waals surface area contributed by atoms with Crippen LogP contribution in [0.15, 0.2) is 23.0 Å². The Labute approximate surface area is 428 Å². The summed E-state index contributed by atoms with van der Waals surface area (Å²) in [6, 6.07) is 0. The number of aliphatic hydroxyl groups excluding tert-OH is 9. The van der Waals surface area contributed by atoms with Crippen molar-refractivity contribution in [2.75, 3.05) is 13.2 Å². The molecule has 0 bridgehead atoms. The number of carbonyl (C=O) groups excluding carboxylic acids is 1. The lowest BCUT2D eigenvalue weighted by Gasteiger charge is -2.72. The summed E-state index contributed by atoms with van der Waals surface area (Å²) in [5.41, 5.74) is 0.550. The molecular weight excluding hydrogens is 953 g/mol. The highest BCUT2D eigenvalue weighted by atomic mass is 16.8. The highest BCUT2D eigenvalue weighted by Crippen LogP contribution is 2.76. The first-order valence-corrected chi connectivity index (χ1v) is 26.8. The first-order valence-electron chi connectivity index (χ1n) is 26.8. The third kappa shape index (κ3) is 9.01. The summed E-state index contributed by atoms with van der Waals surface area (Å²) in [6.07, 6.45) is -14.1. The average molecular weight is 1040 g/mol. The van der Waals surface area contributed by atoms with Crippen molar-refractivity contribution in [3.8, 4) is 0 Å². The number of aliphatic hydroxyl groups is 9. The van der Waals surface area contributed by atoms with Crippen LogP contribution in [0.5, 0.6) is 0 Å². The fourth-order valence-electron chi connectivity index (χ4n) is 16.4. The molecule has 0 amide bonds. The van der Waals surface area contributed by atoms with E-state index in [-0.39, 0.29) is 81.6 Å². The van der Waals surface area contributed by atoms with Crippen LogP contribution >= 0.6 is 0 Å². The van der Waals surface area contributed by atoms with Gasteiger partial charge in [-0.25, -0.2) is 4.79 Å². The zero-order valence-corrected chi connectivity index (χ0v) is 44.0. The van der Waals surface area contributed by atoms with Gasteiger partial charge in [0.2, 0.25) is 0 Å². The summed E-state index contributed by atoms with van der Waals surface area (Å²) in [4.78, 5) is 25.3. The Morgan fingerprint density at radius 2 is 1.40 bits per heavy atom. The molecule has 10 N–H and O–H groups in total. The first-order chi connectivity index (χ1) is 34.0. The number of hydrogen-bond donors (Lipinski definition) is 10. The van der Waals surface area contributed by atoms with Gasteiger partial charge in [-0.2, -0.15) is 0 Å². The van der Waals surface area contributed by atoms with Crippen LogP contribution in [0.3, 0.4) is 0 Å². The lowest BCUT2D eigenvalue weighted by atomic mass is 9.33. The van der Waals surface area contributed by atoms with Crippen molar-refractivity contribution >= 4 is 11.8 Å². The summed E-state index contributed by atoms with van der Waals surface area (Å²) in [6.45, 7) is 18.8. The molecule has 414 valence electrons. The largest absolute Gasteiger partial charge is 0.504 e. The number of fused-ring (bicyclic) bond motifs is 7. The van der Waals surface area contributed by atoms with Crippen LogP contribution in [0.4, 0.5) is 0 Å². The zero-order chi connectivity index (χ0) is 53.3. The number of Topliss-reactive ketones (excluding diaryl/α,β-unsaturated/α-hetero) is 1. The van der Waals surface area contributed by atoms with Gasteiger partial charge in [-0.05, 0) is 123 Å². The van der Waals surface area contributed by atoms with Gasteiger partial charge in [-0.15, -0.1) is 0 Å². The number of carboxylic acids is 1. The summed E-state index contributed by atoms with van der Waals surface area (Å²) < 4.78 is 43.3. The molecule has 0 spiro atoms. The molecule has 19 heteroatoms. The van der Waals surface area contributed by atoms with E-state index in [0.29, 0.717) is 24.8 Å². The third-order valence-corrected chi connectivity index (χ3v) is 21.0. The molecule has 6 aliphatic carbocycles. The van der Waals surface area contributed by atoms with Crippen LogP contribution in [0.1, 0.15) is 133 Å². The molecule has 0 aromatic rings. The molecule has 0 radical (unpaired) electrons. The predicted octanol–water partition coefficient (Wildman–Crippen LogP) is 2.93. The van der Waals surface area contributed by atoms with Crippen LogP contribution in [0.2, 0.25) is 0 Å². The zero-order valence-electron chi connectivity index (χ0n) is 44.0. The SMILES string of the molecule is CC1=C(O)C(=O)CC(OC2CC(C)(C)CC3C4=CCC5C6(C)CCC(O[C@@H]7OC(C(=O)O)[C@@H](O)[C@H](O)[C@H]7O[C@@H]7OC[C@H](O)[C@H](O)[C@H]7O[C@@H]7O[C@@H](C)[C@H](O)[C@@H](O)[C@H]7O)C(C)(CO)C6CCC5(C)C4(C)CCC23C)C1. The van der Waals surface area contributed by atoms with Crippen molar-refractivity contribution in [1.82, 2.24) is 0 Å². The van der Waals surface area contributed by atoms with Crippen molar-refractivity contribution in [2.45, 2.75) is 237 Å². The number of ether oxygens (including phenoxy) is 7. The van der Waals surface area contributed by atoms with Crippen molar-refractivity contribution in [2.24, 2.45) is 50.2 Å². The third-order valence-electron chi connectivity index (χ3n) is 21.0. The smallest absolute Gasteiger partial charge is 0.335 e. The molecule has 0 aromatic heterocycles.